The topological polar surface area (TPSA) is 72.2 Å². The highest BCUT2D eigenvalue weighted by atomic mass is 32.1. The van der Waals surface area contributed by atoms with Crippen molar-refractivity contribution in [2.75, 3.05) is 0 Å². The Hall–Kier alpha value is -1.69. The number of hydrogen-bond acceptors (Lipinski definition) is 4. The molecule has 2 heterocycles. The fourth-order valence-corrected chi connectivity index (χ4v) is 3.12. The van der Waals surface area contributed by atoms with Gasteiger partial charge < -0.3 is 5.11 Å². The molecule has 19 heavy (non-hydrogen) atoms. The molecule has 1 N–H and O–H groups in total. The highest BCUT2D eigenvalue weighted by molar-refractivity contribution is 7.18. The monoisotopic (exact) mass is 280 g/mol. The van der Waals surface area contributed by atoms with E-state index in [2.05, 4.69) is 4.98 Å². The van der Waals surface area contributed by atoms with E-state index in [1.165, 1.54) is 15.9 Å². The van der Waals surface area contributed by atoms with Gasteiger partial charge in [-0.2, -0.15) is 0 Å². The molecule has 0 amide bonds. The van der Waals surface area contributed by atoms with Crippen LogP contribution in [0.5, 0.6) is 0 Å². The summed E-state index contributed by atoms with van der Waals surface area (Å²) in [5, 5.41) is 9.50. The lowest BCUT2D eigenvalue weighted by molar-refractivity contribution is -0.137. The molecule has 0 aliphatic carbocycles. The molecule has 102 valence electrons. The molecule has 0 aromatic carbocycles. The lowest BCUT2D eigenvalue weighted by Gasteiger charge is -2.09. The Kier molecular flexibility index (Phi) is 3.71. The Morgan fingerprint density at radius 3 is 2.68 bits per heavy atom. The summed E-state index contributed by atoms with van der Waals surface area (Å²) in [6.45, 7) is 5.47. The molecule has 0 aliphatic rings. The van der Waals surface area contributed by atoms with Crippen LogP contribution < -0.4 is 5.56 Å². The first kappa shape index (κ1) is 13.7. The third-order valence-corrected chi connectivity index (χ3v) is 4.24. The van der Waals surface area contributed by atoms with Gasteiger partial charge in [-0.25, -0.2) is 4.98 Å². The van der Waals surface area contributed by atoms with Crippen LogP contribution in [0.4, 0.5) is 0 Å². The SMILES string of the molecule is CCCc1nc2sc(C)c(C)c2c(=O)n1CC(=O)O. The predicted octanol–water partition coefficient (Wildman–Crippen LogP) is 2.11. The van der Waals surface area contributed by atoms with Gasteiger partial charge in [-0.1, -0.05) is 6.92 Å². The summed E-state index contributed by atoms with van der Waals surface area (Å²) < 4.78 is 1.29. The second kappa shape index (κ2) is 5.13. The maximum absolute atomic E-state index is 12.5. The maximum atomic E-state index is 12.5. The largest absolute Gasteiger partial charge is 0.480 e. The Bertz CT molecular complexity index is 700. The van der Waals surface area contributed by atoms with Gasteiger partial charge in [0, 0.05) is 11.3 Å². The highest BCUT2D eigenvalue weighted by Crippen LogP contribution is 2.26. The molecule has 6 heteroatoms. The number of nitrogens with zero attached hydrogens (tertiary/aromatic N) is 2. The zero-order valence-electron chi connectivity index (χ0n) is 11.2. The molecule has 5 nitrogen and oxygen atoms in total. The Morgan fingerprint density at radius 1 is 1.42 bits per heavy atom. The van der Waals surface area contributed by atoms with Crippen LogP contribution in [0.25, 0.3) is 10.2 Å². The average molecular weight is 280 g/mol. The third-order valence-electron chi connectivity index (χ3n) is 3.13. The fourth-order valence-electron chi connectivity index (χ4n) is 2.08. The van der Waals surface area contributed by atoms with Gasteiger partial charge in [0.15, 0.2) is 0 Å². The number of carboxylic acids is 1. The van der Waals surface area contributed by atoms with Gasteiger partial charge >= 0.3 is 5.97 Å². The molecule has 2 aromatic heterocycles. The molecule has 0 aliphatic heterocycles. The number of carbonyl (C=O) groups is 1. The molecule has 0 fully saturated rings. The van der Waals surface area contributed by atoms with E-state index in [1.807, 2.05) is 20.8 Å². The van der Waals surface area contributed by atoms with Crippen molar-refractivity contribution in [1.29, 1.82) is 0 Å². The minimum atomic E-state index is -1.02. The van der Waals surface area contributed by atoms with Crippen molar-refractivity contribution in [2.45, 2.75) is 40.2 Å². The summed E-state index contributed by atoms with van der Waals surface area (Å²) in [4.78, 5) is 29.6. The molecule has 2 rings (SSSR count). The first-order chi connectivity index (χ1) is 8.95. The van der Waals surface area contributed by atoms with Crippen LogP contribution in [0.1, 0.15) is 29.6 Å². The molecular weight excluding hydrogens is 264 g/mol. The van der Waals surface area contributed by atoms with E-state index in [0.717, 1.165) is 16.9 Å². The van der Waals surface area contributed by atoms with Crippen molar-refractivity contribution < 1.29 is 9.90 Å². The number of aromatic nitrogens is 2. The minimum Gasteiger partial charge on any atom is -0.480 e. The maximum Gasteiger partial charge on any atom is 0.323 e. The number of rotatable bonds is 4. The van der Waals surface area contributed by atoms with Crippen molar-refractivity contribution in [3.8, 4) is 0 Å². The van der Waals surface area contributed by atoms with Gasteiger partial charge in [0.1, 0.15) is 17.2 Å². The standard InChI is InChI=1S/C13H16N2O3S/c1-4-5-9-14-12-11(7(2)8(3)19-12)13(18)15(9)6-10(16)17/h4-6H2,1-3H3,(H,16,17). The van der Waals surface area contributed by atoms with E-state index in [1.54, 1.807) is 0 Å². The third kappa shape index (κ3) is 2.40. The van der Waals surface area contributed by atoms with Gasteiger partial charge in [0.2, 0.25) is 0 Å². The lowest BCUT2D eigenvalue weighted by Crippen LogP contribution is -2.28. The summed E-state index contributed by atoms with van der Waals surface area (Å²) in [6.07, 6.45) is 1.43. The zero-order chi connectivity index (χ0) is 14.2. The van der Waals surface area contributed by atoms with Crippen molar-refractivity contribution in [3.05, 3.63) is 26.6 Å². The van der Waals surface area contributed by atoms with Gasteiger partial charge in [0.25, 0.3) is 5.56 Å². The smallest absolute Gasteiger partial charge is 0.323 e. The van der Waals surface area contributed by atoms with Crippen LogP contribution in [-0.2, 0) is 17.8 Å². The molecule has 0 spiro atoms. The quantitative estimate of drug-likeness (QED) is 0.931. The van der Waals surface area contributed by atoms with Crippen LogP contribution in [0.15, 0.2) is 4.79 Å². The van der Waals surface area contributed by atoms with Crippen LogP contribution >= 0.6 is 11.3 Å². The molecule has 2 aromatic rings. The van der Waals surface area contributed by atoms with Gasteiger partial charge in [0.05, 0.1) is 5.39 Å². The number of hydrogen-bond donors (Lipinski definition) is 1. The normalized spacial score (nSPS) is 11.1. The Labute approximate surface area is 114 Å². The molecule has 0 radical (unpaired) electrons. The molecule has 0 saturated heterocycles. The van der Waals surface area contributed by atoms with Crippen LogP contribution in [-0.4, -0.2) is 20.6 Å². The zero-order valence-corrected chi connectivity index (χ0v) is 12.0. The molecule has 0 unspecified atom stereocenters. The summed E-state index contributed by atoms with van der Waals surface area (Å²) >= 11 is 1.49. The number of thiophene rings is 1. The number of fused-ring (bicyclic) bond motifs is 1. The fraction of sp³-hybridized carbons (Fsp3) is 0.462. The highest BCUT2D eigenvalue weighted by Gasteiger charge is 2.17. The van der Waals surface area contributed by atoms with E-state index in [-0.39, 0.29) is 12.1 Å². The van der Waals surface area contributed by atoms with Crippen molar-refractivity contribution in [1.82, 2.24) is 9.55 Å². The van der Waals surface area contributed by atoms with Gasteiger partial charge in [-0.15, -0.1) is 11.3 Å². The Morgan fingerprint density at radius 2 is 2.11 bits per heavy atom. The second-order valence-corrected chi connectivity index (χ2v) is 5.73. The molecule has 0 atom stereocenters. The van der Waals surface area contributed by atoms with E-state index in [4.69, 9.17) is 5.11 Å². The van der Waals surface area contributed by atoms with Crippen LogP contribution in [0.3, 0.4) is 0 Å². The molecule has 0 bridgehead atoms. The first-order valence-corrected chi connectivity index (χ1v) is 6.98. The summed E-state index contributed by atoms with van der Waals surface area (Å²) in [5.74, 6) is -0.464. The predicted molar refractivity (Wildman–Crippen MR) is 75.0 cm³/mol. The van der Waals surface area contributed by atoms with E-state index >= 15 is 0 Å². The molecule has 0 saturated carbocycles. The summed E-state index contributed by atoms with van der Waals surface area (Å²) in [7, 11) is 0. The first-order valence-electron chi connectivity index (χ1n) is 6.16. The Balaban J connectivity index is 2.78. The second-order valence-electron chi connectivity index (χ2n) is 4.53. The number of aliphatic carboxylic acids is 1. The van der Waals surface area contributed by atoms with Crippen molar-refractivity contribution >= 4 is 27.5 Å². The average Bonchev–Trinajstić information content (AvgIpc) is 2.60. The van der Waals surface area contributed by atoms with Crippen molar-refractivity contribution in [2.24, 2.45) is 0 Å². The van der Waals surface area contributed by atoms with Crippen LogP contribution in [0, 0.1) is 13.8 Å². The molecular formula is C13H16N2O3S. The lowest BCUT2D eigenvalue weighted by atomic mass is 10.2. The van der Waals surface area contributed by atoms with E-state index in [0.29, 0.717) is 22.5 Å². The van der Waals surface area contributed by atoms with Gasteiger partial charge in [-0.3, -0.25) is 14.2 Å². The van der Waals surface area contributed by atoms with Gasteiger partial charge in [-0.05, 0) is 25.8 Å². The summed E-state index contributed by atoms with van der Waals surface area (Å²) in [5.41, 5.74) is 0.664. The van der Waals surface area contributed by atoms with Crippen LogP contribution in [0.2, 0.25) is 0 Å². The summed E-state index contributed by atoms with van der Waals surface area (Å²) in [6, 6.07) is 0. The number of aryl methyl sites for hydroxylation is 3. The van der Waals surface area contributed by atoms with Crippen molar-refractivity contribution in [3.63, 3.8) is 0 Å². The number of carboxylic acid groups (broad SMARTS) is 1. The van der Waals surface area contributed by atoms with E-state index < -0.39 is 5.97 Å². The van der Waals surface area contributed by atoms with E-state index in [9.17, 15) is 9.59 Å². The minimum absolute atomic E-state index is 0.238.